The number of aliphatic hydroxyl groups excluding tert-OH is 1. The van der Waals surface area contributed by atoms with Crippen molar-refractivity contribution in [1.29, 1.82) is 0 Å². The third-order valence-corrected chi connectivity index (χ3v) is 1.46. The molecule has 2 amide bonds. The highest BCUT2D eigenvalue weighted by Crippen LogP contribution is 1.94. The summed E-state index contributed by atoms with van der Waals surface area (Å²) in [6.07, 6.45) is -1.62. The molecule has 0 radical (unpaired) electrons. The van der Waals surface area contributed by atoms with E-state index < -0.39 is 24.8 Å². The highest BCUT2D eigenvalue weighted by molar-refractivity contribution is 5.79. The first-order valence-corrected chi connectivity index (χ1v) is 3.88. The van der Waals surface area contributed by atoms with Crippen molar-refractivity contribution < 1.29 is 24.9 Å². The smallest absolute Gasteiger partial charge is 0.323 e. The summed E-state index contributed by atoms with van der Waals surface area (Å²) in [6.45, 7) is -0.687. The van der Waals surface area contributed by atoms with Gasteiger partial charge in [-0.25, -0.2) is 4.79 Å². The number of hydrogen-bond donors (Lipinski definition) is 3. The molecule has 0 aromatic rings. The number of hydrogen-bond acceptors (Lipinski definition) is 4. The third kappa shape index (κ3) is 4.63. The van der Waals surface area contributed by atoms with Crippen molar-refractivity contribution in [3.8, 4) is 0 Å². The summed E-state index contributed by atoms with van der Waals surface area (Å²) in [6, 6.07) is -0.583. The highest BCUT2D eigenvalue weighted by Gasteiger charge is 2.17. The molecule has 0 bridgehead atoms. The van der Waals surface area contributed by atoms with E-state index in [-0.39, 0.29) is 6.54 Å². The van der Waals surface area contributed by atoms with Gasteiger partial charge >= 0.3 is 12.0 Å². The molecule has 7 nitrogen and oxygen atoms in total. The van der Waals surface area contributed by atoms with Gasteiger partial charge in [0.25, 0.3) is 0 Å². The van der Waals surface area contributed by atoms with Crippen LogP contribution >= 0.6 is 0 Å². The highest BCUT2D eigenvalue weighted by atomic mass is 16.5. The summed E-state index contributed by atoms with van der Waals surface area (Å²) in [5.41, 5.74) is 0. The number of urea groups is 1. The molecule has 0 spiro atoms. The summed E-state index contributed by atoms with van der Waals surface area (Å²) < 4.78 is 0. The molecular weight excluding hydrogens is 192 g/mol. The molecule has 0 unspecified atom stereocenters. The molecule has 0 aromatic heterocycles. The van der Waals surface area contributed by atoms with Gasteiger partial charge in [0.2, 0.25) is 0 Å². The quantitative estimate of drug-likeness (QED) is 0.479. The van der Waals surface area contributed by atoms with E-state index in [0.717, 1.165) is 9.80 Å². The van der Waals surface area contributed by atoms with Crippen LogP contribution in [0.2, 0.25) is 0 Å². The van der Waals surface area contributed by atoms with E-state index in [1.807, 2.05) is 0 Å². The largest absolute Gasteiger partial charge is 0.480 e. The lowest BCUT2D eigenvalue weighted by atomic mass is 10.5. The Labute approximate surface area is 81.2 Å². The second kappa shape index (κ2) is 5.40. The van der Waals surface area contributed by atoms with Gasteiger partial charge in [-0.3, -0.25) is 4.79 Å². The zero-order valence-corrected chi connectivity index (χ0v) is 8.04. The molecule has 0 aliphatic rings. The van der Waals surface area contributed by atoms with E-state index in [1.54, 1.807) is 0 Å². The van der Waals surface area contributed by atoms with E-state index >= 15 is 0 Å². The van der Waals surface area contributed by atoms with Gasteiger partial charge in [0, 0.05) is 14.1 Å². The zero-order valence-electron chi connectivity index (χ0n) is 8.04. The van der Waals surface area contributed by atoms with Crippen molar-refractivity contribution in [2.75, 3.05) is 27.2 Å². The molecule has 0 atom stereocenters. The first kappa shape index (κ1) is 12.7. The first-order valence-electron chi connectivity index (χ1n) is 3.88. The molecule has 0 saturated carbocycles. The molecule has 0 rings (SSSR count). The van der Waals surface area contributed by atoms with Crippen LogP contribution in [0.25, 0.3) is 0 Å². The predicted molar refractivity (Wildman–Crippen MR) is 46.5 cm³/mol. The number of carbonyl (C=O) groups is 2. The van der Waals surface area contributed by atoms with Crippen LogP contribution in [-0.2, 0) is 4.79 Å². The van der Waals surface area contributed by atoms with Gasteiger partial charge in [0.1, 0.15) is 6.54 Å². The number of aliphatic carboxylic acids is 1. The number of nitrogens with zero attached hydrogens (tertiary/aromatic N) is 2. The fourth-order valence-corrected chi connectivity index (χ4v) is 0.885. The average molecular weight is 206 g/mol. The Morgan fingerprint density at radius 3 is 2.07 bits per heavy atom. The molecule has 0 heterocycles. The van der Waals surface area contributed by atoms with E-state index in [2.05, 4.69) is 0 Å². The van der Waals surface area contributed by atoms with Gasteiger partial charge in [0.15, 0.2) is 6.29 Å². The Bertz CT molecular complexity index is 218. The van der Waals surface area contributed by atoms with Gasteiger partial charge in [-0.15, -0.1) is 0 Å². The monoisotopic (exact) mass is 206 g/mol. The molecule has 0 aromatic carbocycles. The van der Waals surface area contributed by atoms with Crippen molar-refractivity contribution in [2.24, 2.45) is 0 Å². The predicted octanol–water partition coefficient (Wildman–Crippen LogP) is -1.63. The average Bonchev–Trinajstić information content (AvgIpc) is 2.00. The summed E-state index contributed by atoms with van der Waals surface area (Å²) in [7, 11) is 2.66. The van der Waals surface area contributed by atoms with Crippen molar-refractivity contribution >= 4 is 12.0 Å². The molecule has 0 fully saturated rings. The van der Waals surface area contributed by atoms with Crippen LogP contribution < -0.4 is 0 Å². The van der Waals surface area contributed by atoms with Gasteiger partial charge in [-0.1, -0.05) is 0 Å². The number of amides is 2. The summed E-state index contributed by atoms with van der Waals surface area (Å²) in [5.74, 6) is -1.13. The van der Waals surface area contributed by atoms with Crippen LogP contribution in [0.4, 0.5) is 4.79 Å². The van der Waals surface area contributed by atoms with Gasteiger partial charge in [-0.2, -0.15) is 0 Å². The Balaban J connectivity index is 4.10. The Morgan fingerprint density at radius 1 is 1.21 bits per heavy atom. The molecule has 0 aliphatic carbocycles. The lowest BCUT2D eigenvalue weighted by Gasteiger charge is -2.23. The molecule has 14 heavy (non-hydrogen) atoms. The molecule has 0 saturated heterocycles. The number of likely N-dealkylation sites (N-methyl/N-ethyl adjacent to an activating group) is 2. The van der Waals surface area contributed by atoms with Crippen molar-refractivity contribution in [2.45, 2.75) is 6.29 Å². The van der Waals surface area contributed by atoms with Crippen molar-refractivity contribution in [3.05, 3.63) is 0 Å². The lowest BCUT2D eigenvalue weighted by molar-refractivity contribution is -0.137. The zero-order chi connectivity index (χ0) is 11.3. The number of carboxylic acid groups (broad SMARTS) is 1. The Morgan fingerprint density at radius 2 is 1.71 bits per heavy atom. The summed E-state index contributed by atoms with van der Waals surface area (Å²) in [5, 5.41) is 25.5. The maximum Gasteiger partial charge on any atom is 0.323 e. The second-order valence-corrected chi connectivity index (χ2v) is 2.89. The minimum atomic E-state index is -1.62. The maximum absolute atomic E-state index is 11.3. The molecule has 7 heteroatoms. The second-order valence-electron chi connectivity index (χ2n) is 2.89. The SMILES string of the molecule is CN(CC(=O)O)C(=O)N(C)CC(O)O. The Hall–Kier alpha value is -1.34. The maximum atomic E-state index is 11.3. The van der Waals surface area contributed by atoms with E-state index in [4.69, 9.17) is 15.3 Å². The molecule has 3 N–H and O–H groups in total. The number of rotatable bonds is 4. The van der Waals surface area contributed by atoms with Crippen LogP contribution in [0.15, 0.2) is 0 Å². The molecule has 0 aliphatic heterocycles. The minimum Gasteiger partial charge on any atom is -0.480 e. The Kier molecular flexibility index (Phi) is 4.89. The third-order valence-electron chi connectivity index (χ3n) is 1.46. The minimum absolute atomic E-state index is 0.261. The summed E-state index contributed by atoms with van der Waals surface area (Å²) in [4.78, 5) is 23.5. The van der Waals surface area contributed by atoms with E-state index in [9.17, 15) is 9.59 Å². The fraction of sp³-hybridized carbons (Fsp3) is 0.714. The van der Waals surface area contributed by atoms with Crippen LogP contribution in [0, 0.1) is 0 Å². The number of carbonyl (C=O) groups excluding carboxylic acids is 1. The molecular formula is C7H14N2O5. The normalized spacial score (nSPS) is 10.1. The van der Waals surface area contributed by atoms with Gasteiger partial charge in [-0.05, 0) is 0 Å². The topological polar surface area (TPSA) is 101 Å². The van der Waals surface area contributed by atoms with Crippen LogP contribution in [-0.4, -0.2) is 70.6 Å². The van der Waals surface area contributed by atoms with Crippen molar-refractivity contribution in [3.63, 3.8) is 0 Å². The fourth-order valence-electron chi connectivity index (χ4n) is 0.885. The van der Waals surface area contributed by atoms with Crippen LogP contribution in [0.1, 0.15) is 0 Å². The summed E-state index contributed by atoms with van der Waals surface area (Å²) >= 11 is 0. The van der Waals surface area contributed by atoms with Gasteiger partial charge in [0.05, 0.1) is 6.54 Å². The standard InChI is InChI=1S/C7H14N2O5/c1-8(3-5(10)11)7(14)9(2)4-6(12)13/h5,10-11H,3-4H2,1-2H3,(H,12,13). The number of carboxylic acids is 1. The van der Waals surface area contributed by atoms with Crippen LogP contribution in [0.3, 0.4) is 0 Å². The van der Waals surface area contributed by atoms with E-state index in [0.29, 0.717) is 0 Å². The van der Waals surface area contributed by atoms with Crippen LogP contribution in [0.5, 0.6) is 0 Å². The molecule has 82 valence electrons. The first-order chi connectivity index (χ1) is 6.34. The van der Waals surface area contributed by atoms with Gasteiger partial charge < -0.3 is 25.1 Å². The van der Waals surface area contributed by atoms with Crippen molar-refractivity contribution in [1.82, 2.24) is 9.80 Å². The number of aliphatic hydroxyl groups is 2. The van der Waals surface area contributed by atoms with E-state index in [1.165, 1.54) is 14.1 Å². The lowest BCUT2D eigenvalue weighted by Crippen LogP contribution is -2.44.